The number of benzene rings is 1. The molecule has 2 saturated heterocycles. The van der Waals surface area contributed by atoms with Crippen molar-refractivity contribution < 1.29 is 13.9 Å². The molecule has 0 radical (unpaired) electrons. The number of rotatable bonds is 3. The second kappa shape index (κ2) is 6.84. The van der Waals surface area contributed by atoms with Crippen molar-refractivity contribution in [2.75, 3.05) is 18.4 Å². The smallest absolute Gasteiger partial charge is 0.321 e. The van der Waals surface area contributed by atoms with Gasteiger partial charge in [0.1, 0.15) is 5.82 Å². The molecule has 0 saturated carbocycles. The van der Waals surface area contributed by atoms with Crippen molar-refractivity contribution in [1.29, 1.82) is 0 Å². The molecule has 6 nitrogen and oxygen atoms in total. The van der Waals surface area contributed by atoms with E-state index in [1.165, 1.54) is 10.6 Å². The lowest BCUT2D eigenvalue weighted by Gasteiger charge is -2.21. The zero-order valence-electron chi connectivity index (χ0n) is 16.0. The van der Waals surface area contributed by atoms with E-state index in [4.69, 9.17) is 4.74 Å². The third kappa shape index (κ3) is 3.06. The predicted octanol–water partition coefficient (Wildman–Crippen LogP) is 2.76. The van der Waals surface area contributed by atoms with Crippen LogP contribution in [0.15, 0.2) is 53.5 Å². The maximum atomic E-state index is 14.6. The molecule has 4 atom stereocenters. The molecular weight excluding hydrogens is 373 g/mol. The van der Waals surface area contributed by atoms with Crippen molar-refractivity contribution in [1.82, 2.24) is 9.47 Å². The van der Waals surface area contributed by atoms with E-state index in [1.54, 1.807) is 42.3 Å². The van der Waals surface area contributed by atoms with Crippen molar-refractivity contribution in [2.45, 2.75) is 25.7 Å². The standard InChI is InChI=1S/C22H22FN3O3/c1-13-4-3-9-25(21(13)27)12-16-17(23)5-2-6-18(16)24-22(28)26-10-14-15(11-26)20-8-7-19(14)29-20/h2-9,14-15,19-20H,10-12H2,1H3,(H,24,28). The number of hydrogen-bond donors (Lipinski definition) is 1. The lowest BCUT2D eigenvalue weighted by Crippen LogP contribution is -2.35. The fraction of sp³-hybridized carbons (Fsp3) is 0.364. The topological polar surface area (TPSA) is 63.6 Å². The molecular formula is C22H22FN3O3. The van der Waals surface area contributed by atoms with Crippen molar-refractivity contribution in [2.24, 2.45) is 11.8 Å². The molecule has 3 aliphatic heterocycles. The monoisotopic (exact) mass is 395 g/mol. The predicted molar refractivity (Wildman–Crippen MR) is 106 cm³/mol. The van der Waals surface area contributed by atoms with Crippen LogP contribution in [0, 0.1) is 24.6 Å². The first-order valence-corrected chi connectivity index (χ1v) is 9.84. The number of carbonyl (C=O) groups excluding carboxylic acids is 1. The summed E-state index contributed by atoms with van der Waals surface area (Å²) in [5.41, 5.74) is 1.09. The van der Waals surface area contributed by atoms with Crippen LogP contribution in [-0.2, 0) is 11.3 Å². The number of halogens is 1. The van der Waals surface area contributed by atoms with Gasteiger partial charge in [-0.1, -0.05) is 24.3 Å². The van der Waals surface area contributed by atoms with E-state index >= 15 is 0 Å². The first kappa shape index (κ1) is 18.1. The van der Waals surface area contributed by atoms with Gasteiger partial charge in [-0.2, -0.15) is 0 Å². The third-order valence-electron chi connectivity index (χ3n) is 6.25. The number of pyridine rings is 1. The molecule has 4 heterocycles. The van der Waals surface area contributed by atoms with Gasteiger partial charge in [0.2, 0.25) is 0 Å². The number of aryl methyl sites for hydroxylation is 1. The lowest BCUT2D eigenvalue weighted by atomic mass is 9.86. The van der Waals surface area contributed by atoms with Gasteiger partial charge in [0, 0.05) is 42.2 Å². The molecule has 29 heavy (non-hydrogen) atoms. The number of ether oxygens (including phenoxy) is 1. The molecule has 150 valence electrons. The van der Waals surface area contributed by atoms with Crippen LogP contribution in [0.25, 0.3) is 0 Å². The van der Waals surface area contributed by atoms with E-state index in [2.05, 4.69) is 17.5 Å². The number of carbonyl (C=O) groups is 1. The Kier molecular flexibility index (Phi) is 4.28. The minimum Gasteiger partial charge on any atom is -0.366 e. The Hall–Kier alpha value is -2.93. The van der Waals surface area contributed by atoms with Gasteiger partial charge < -0.3 is 19.5 Å². The summed E-state index contributed by atoms with van der Waals surface area (Å²) in [7, 11) is 0. The van der Waals surface area contributed by atoms with Gasteiger partial charge in [0.25, 0.3) is 5.56 Å². The van der Waals surface area contributed by atoms with Crippen LogP contribution in [0.5, 0.6) is 0 Å². The quantitative estimate of drug-likeness (QED) is 0.813. The number of nitrogens with zero attached hydrogens (tertiary/aromatic N) is 2. The highest BCUT2D eigenvalue weighted by Gasteiger charge is 2.51. The van der Waals surface area contributed by atoms with Crippen molar-refractivity contribution in [3.63, 3.8) is 0 Å². The van der Waals surface area contributed by atoms with Crippen LogP contribution < -0.4 is 10.9 Å². The summed E-state index contributed by atoms with van der Waals surface area (Å²) in [6.45, 7) is 3.03. The molecule has 0 spiro atoms. The van der Waals surface area contributed by atoms with E-state index in [0.717, 1.165) is 0 Å². The molecule has 2 amide bonds. The average molecular weight is 395 g/mol. The van der Waals surface area contributed by atoms with Gasteiger partial charge >= 0.3 is 6.03 Å². The summed E-state index contributed by atoms with van der Waals surface area (Å²) in [5, 5.41) is 2.86. The van der Waals surface area contributed by atoms with Crippen molar-refractivity contribution in [3.05, 3.63) is 76.0 Å². The Labute approximate surface area is 167 Å². The molecule has 5 rings (SSSR count). The second-order valence-corrected chi connectivity index (χ2v) is 8.00. The summed E-state index contributed by atoms with van der Waals surface area (Å²) >= 11 is 0. The van der Waals surface area contributed by atoms with E-state index in [1.807, 2.05) is 0 Å². The number of likely N-dealkylation sites (tertiary alicyclic amines) is 1. The van der Waals surface area contributed by atoms with E-state index in [0.29, 0.717) is 36.2 Å². The number of amides is 2. The highest BCUT2D eigenvalue weighted by Crippen LogP contribution is 2.43. The number of fused-ring (bicyclic) bond motifs is 5. The molecule has 7 heteroatoms. The Morgan fingerprint density at radius 2 is 1.90 bits per heavy atom. The maximum absolute atomic E-state index is 14.6. The van der Waals surface area contributed by atoms with Crippen molar-refractivity contribution in [3.8, 4) is 0 Å². The van der Waals surface area contributed by atoms with Crippen LogP contribution in [0.3, 0.4) is 0 Å². The average Bonchev–Trinajstić information content (AvgIpc) is 3.41. The first-order valence-electron chi connectivity index (χ1n) is 9.84. The highest BCUT2D eigenvalue weighted by atomic mass is 19.1. The van der Waals surface area contributed by atoms with Crippen LogP contribution in [0.1, 0.15) is 11.1 Å². The van der Waals surface area contributed by atoms with Gasteiger partial charge in [-0.05, 0) is 25.1 Å². The molecule has 1 aromatic carbocycles. The number of anilines is 1. The van der Waals surface area contributed by atoms with Gasteiger partial charge in [0.05, 0.1) is 24.4 Å². The summed E-state index contributed by atoms with van der Waals surface area (Å²) in [6.07, 6.45) is 5.98. The number of hydrogen-bond acceptors (Lipinski definition) is 3. The normalized spacial score (nSPS) is 26.8. The Morgan fingerprint density at radius 1 is 1.17 bits per heavy atom. The van der Waals surface area contributed by atoms with Gasteiger partial charge in [-0.3, -0.25) is 4.79 Å². The number of aromatic nitrogens is 1. The second-order valence-electron chi connectivity index (χ2n) is 8.00. The number of urea groups is 1. The molecule has 2 aromatic rings. The summed E-state index contributed by atoms with van der Waals surface area (Å²) in [6, 6.07) is 7.80. The lowest BCUT2D eigenvalue weighted by molar-refractivity contribution is 0.0892. The van der Waals surface area contributed by atoms with Gasteiger partial charge in [-0.25, -0.2) is 9.18 Å². The Bertz CT molecular complexity index is 1040. The van der Waals surface area contributed by atoms with E-state index in [-0.39, 0.29) is 35.9 Å². The minimum atomic E-state index is -0.454. The zero-order chi connectivity index (χ0) is 20.1. The van der Waals surface area contributed by atoms with Crippen molar-refractivity contribution >= 4 is 11.7 Å². The van der Waals surface area contributed by atoms with Crippen LogP contribution in [-0.4, -0.2) is 40.8 Å². The number of nitrogens with one attached hydrogen (secondary N) is 1. The Balaban J connectivity index is 1.35. The van der Waals surface area contributed by atoms with E-state index < -0.39 is 5.82 Å². The third-order valence-corrected chi connectivity index (χ3v) is 6.25. The molecule has 1 aromatic heterocycles. The molecule has 2 bridgehead atoms. The highest BCUT2D eigenvalue weighted by molar-refractivity contribution is 5.90. The largest absolute Gasteiger partial charge is 0.366 e. The molecule has 4 unspecified atom stereocenters. The summed E-state index contributed by atoms with van der Waals surface area (Å²) in [4.78, 5) is 27.0. The van der Waals surface area contributed by atoms with Crippen LogP contribution in [0.2, 0.25) is 0 Å². The molecule has 3 aliphatic rings. The molecule has 2 fully saturated rings. The molecule has 0 aliphatic carbocycles. The summed E-state index contributed by atoms with van der Waals surface area (Å²) < 4.78 is 21.9. The first-order chi connectivity index (χ1) is 14.0. The van der Waals surface area contributed by atoms with Crippen LogP contribution in [0.4, 0.5) is 14.9 Å². The SMILES string of the molecule is Cc1cccn(Cc2c(F)cccc2NC(=O)N2CC3C4C=CC(O4)C3C2)c1=O. The van der Waals surface area contributed by atoms with Crippen LogP contribution >= 0.6 is 0 Å². The van der Waals surface area contributed by atoms with E-state index in [9.17, 15) is 14.0 Å². The molecule has 1 N–H and O–H groups in total. The van der Waals surface area contributed by atoms with Gasteiger partial charge in [0.15, 0.2) is 0 Å². The van der Waals surface area contributed by atoms with Gasteiger partial charge in [-0.15, -0.1) is 0 Å². The maximum Gasteiger partial charge on any atom is 0.321 e. The summed E-state index contributed by atoms with van der Waals surface area (Å²) in [5.74, 6) is 0.201. The fourth-order valence-electron chi connectivity index (χ4n) is 4.68. The Morgan fingerprint density at radius 3 is 2.62 bits per heavy atom. The fourth-order valence-corrected chi connectivity index (χ4v) is 4.68. The minimum absolute atomic E-state index is 0.0515. The zero-order valence-corrected chi connectivity index (χ0v) is 16.0.